The quantitative estimate of drug-likeness (QED) is 0.561. The first-order valence-corrected chi connectivity index (χ1v) is 8.08. The molecule has 7 heteroatoms. The molecule has 0 saturated carbocycles. The van der Waals surface area contributed by atoms with E-state index in [1.807, 2.05) is 49.3 Å². The first-order chi connectivity index (χ1) is 12.5. The number of nitrogens with zero attached hydrogens (tertiary/aromatic N) is 4. The molecule has 2 aromatic carbocycles. The SMILES string of the molecule is CN(C)c1ccc(/C=N\NC(=O)Cn2cnc3ccccc3c2=O)cc1. The number of carbonyl (C=O) groups is 1. The van der Waals surface area contributed by atoms with Gasteiger partial charge in [-0.25, -0.2) is 10.4 Å². The fourth-order valence-electron chi connectivity index (χ4n) is 2.45. The van der Waals surface area contributed by atoms with E-state index in [4.69, 9.17) is 0 Å². The summed E-state index contributed by atoms with van der Waals surface area (Å²) in [6.07, 6.45) is 2.92. The zero-order chi connectivity index (χ0) is 18.5. The number of hydrogen-bond donors (Lipinski definition) is 1. The fourth-order valence-corrected chi connectivity index (χ4v) is 2.45. The molecule has 1 amide bonds. The number of rotatable bonds is 5. The number of carbonyl (C=O) groups excluding carboxylic acids is 1. The van der Waals surface area contributed by atoms with Crippen LogP contribution < -0.4 is 15.9 Å². The van der Waals surface area contributed by atoms with Crippen LogP contribution in [0.2, 0.25) is 0 Å². The molecule has 3 aromatic rings. The summed E-state index contributed by atoms with van der Waals surface area (Å²) in [5, 5.41) is 4.41. The Morgan fingerprint density at radius 2 is 1.92 bits per heavy atom. The van der Waals surface area contributed by atoms with E-state index < -0.39 is 5.91 Å². The molecule has 0 unspecified atom stereocenters. The summed E-state index contributed by atoms with van der Waals surface area (Å²) in [6.45, 7) is -0.145. The molecule has 0 bridgehead atoms. The van der Waals surface area contributed by atoms with Crippen molar-refractivity contribution in [3.63, 3.8) is 0 Å². The lowest BCUT2D eigenvalue weighted by Crippen LogP contribution is -2.30. The van der Waals surface area contributed by atoms with E-state index in [-0.39, 0.29) is 12.1 Å². The van der Waals surface area contributed by atoms with Gasteiger partial charge >= 0.3 is 0 Å². The van der Waals surface area contributed by atoms with E-state index in [2.05, 4.69) is 15.5 Å². The molecule has 7 nitrogen and oxygen atoms in total. The summed E-state index contributed by atoms with van der Waals surface area (Å²) in [5.41, 5.74) is 4.71. The Balaban J connectivity index is 1.64. The zero-order valence-electron chi connectivity index (χ0n) is 14.6. The van der Waals surface area contributed by atoms with E-state index in [1.54, 1.807) is 24.4 Å². The fraction of sp³-hybridized carbons (Fsp3) is 0.158. The van der Waals surface area contributed by atoms with Crippen molar-refractivity contribution in [3.8, 4) is 0 Å². The Labute approximate surface area is 150 Å². The second-order valence-electron chi connectivity index (χ2n) is 5.97. The van der Waals surface area contributed by atoms with E-state index >= 15 is 0 Å². The number of aromatic nitrogens is 2. The van der Waals surface area contributed by atoms with Crippen LogP contribution in [0.5, 0.6) is 0 Å². The second-order valence-corrected chi connectivity index (χ2v) is 5.97. The van der Waals surface area contributed by atoms with Crippen molar-refractivity contribution < 1.29 is 4.79 Å². The van der Waals surface area contributed by atoms with Crippen molar-refractivity contribution in [3.05, 3.63) is 70.8 Å². The van der Waals surface area contributed by atoms with Gasteiger partial charge in [-0.3, -0.25) is 14.2 Å². The summed E-state index contributed by atoms with van der Waals surface area (Å²) in [7, 11) is 3.93. The molecule has 0 aliphatic heterocycles. The molecule has 0 saturated heterocycles. The van der Waals surface area contributed by atoms with Gasteiger partial charge < -0.3 is 4.90 Å². The highest BCUT2D eigenvalue weighted by molar-refractivity contribution is 5.83. The van der Waals surface area contributed by atoms with Gasteiger partial charge in [0.05, 0.1) is 23.4 Å². The van der Waals surface area contributed by atoms with Crippen LogP contribution in [0.15, 0.2) is 64.8 Å². The molecule has 3 rings (SSSR count). The van der Waals surface area contributed by atoms with Crippen LogP contribution in [-0.2, 0) is 11.3 Å². The second kappa shape index (κ2) is 7.60. The highest BCUT2D eigenvalue weighted by atomic mass is 16.2. The number of nitrogens with one attached hydrogen (secondary N) is 1. The van der Waals surface area contributed by atoms with Gasteiger partial charge in [-0.05, 0) is 29.8 Å². The first-order valence-electron chi connectivity index (χ1n) is 8.08. The van der Waals surface area contributed by atoms with Gasteiger partial charge in [-0.15, -0.1) is 0 Å². The number of anilines is 1. The first kappa shape index (κ1) is 17.3. The Bertz CT molecular complexity index is 1010. The lowest BCUT2D eigenvalue weighted by molar-refractivity contribution is -0.121. The van der Waals surface area contributed by atoms with Gasteiger partial charge in [-0.2, -0.15) is 5.10 Å². The van der Waals surface area contributed by atoms with Crippen LogP contribution in [0, 0.1) is 0 Å². The molecule has 0 atom stereocenters. The minimum absolute atomic E-state index is 0.145. The maximum absolute atomic E-state index is 12.3. The van der Waals surface area contributed by atoms with Gasteiger partial charge in [0.25, 0.3) is 11.5 Å². The summed E-state index contributed by atoms with van der Waals surface area (Å²) in [5.74, 6) is -0.398. The normalized spacial score (nSPS) is 11.0. The Hall–Kier alpha value is -3.48. The van der Waals surface area contributed by atoms with Crippen molar-refractivity contribution in [2.45, 2.75) is 6.54 Å². The minimum Gasteiger partial charge on any atom is -0.378 e. The summed E-state index contributed by atoms with van der Waals surface area (Å²) < 4.78 is 1.26. The van der Waals surface area contributed by atoms with Gasteiger partial charge in [0.1, 0.15) is 6.54 Å². The maximum atomic E-state index is 12.3. The molecule has 1 N–H and O–H groups in total. The maximum Gasteiger partial charge on any atom is 0.261 e. The van der Waals surface area contributed by atoms with Crippen LogP contribution in [0.4, 0.5) is 5.69 Å². The third kappa shape index (κ3) is 3.94. The molecule has 26 heavy (non-hydrogen) atoms. The van der Waals surface area contributed by atoms with Crippen molar-refractivity contribution in [1.29, 1.82) is 0 Å². The van der Waals surface area contributed by atoms with Gasteiger partial charge in [0.15, 0.2) is 0 Å². The van der Waals surface area contributed by atoms with Crippen LogP contribution in [0.3, 0.4) is 0 Å². The van der Waals surface area contributed by atoms with E-state index in [1.165, 1.54) is 10.9 Å². The Morgan fingerprint density at radius 1 is 1.19 bits per heavy atom. The van der Waals surface area contributed by atoms with Gasteiger partial charge in [-0.1, -0.05) is 24.3 Å². The van der Waals surface area contributed by atoms with Crippen LogP contribution in [-0.4, -0.2) is 35.8 Å². The van der Waals surface area contributed by atoms with Crippen molar-refractivity contribution in [2.24, 2.45) is 5.10 Å². The van der Waals surface area contributed by atoms with Crippen molar-refractivity contribution >= 4 is 28.7 Å². The molecule has 132 valence electrons. The average molecular weight is 349 g/mol. The predicted molar refractivity (Wildman–Crippen MR) is 103 cm³/mol. The topological polar surface area (TPSA) is 79.6 Å². The number of hydrogen-bond acceptors (Lipinski definition) is 5. The Kier molecular flexibility index (Phi) is 5.07. The van der Waals surface area contributed by atoms with E-state index in [0.29, 0.717) is 10.9 Å². The largest absolute Gasteiger partial charge is 0.378 e. The smallest absolute Gasteiger partial charge is 0.261 e. The van der Waals surface area contributed by atoms with Crippen molar-refractivity contribution in [2.75, 3.05) is 19.0 Å². The number of amides is 1. The molecule has 0 aliphatic carbocycles. The van der Waals surface area contributed by atoms with E-state index in [0.717, 1.165) is 11.3 Å². The summed E-state index contributed by atoms with van der Waals surface area (Å²) >= 11 is 0. The number of benzene rings is 2. The lowest BCUT2D eigenvalue weighted by atomic mass is 10.2. The molecule has 0 spiro atoms. The van der Waals surface area contributed by atoms with Crippen molar-refractivity contribution in [1.82, 2.24) is 15.0 Å². The van der Waals surface area contributed by atoms with Gasteiger partial charge in [0.2, 0.25) is 0 Å². The average Bonchev–Trinajstić information content (AvgIpc) is 2.65. The van der Waals surface area contributed by atoms with Crippen LogP contribution in [0.1, 0.15) is 5.56 Å². The molecule has 0 radical (unpaired) electrons. The zero-order valence-corrected chi connectivity index (χ0v) is 14.6. The molecular formula is C19H19N5O2. The molecule has 0 fully saturated rings. The third-order valence-corrected chi connectivity index (χ3v) is 3.86. The monoisotopic (exact) mass is 349 g/mol. The van der Waals surface area contributed by atoms with Gasteiger partial charge in [0, 0.05) is 19.8 Å². The highest BCUT2D eigenvalue weighted by Crippen LogP contribution is 2.10. The molecule has 0 aliphatic rings. The van der Waals surface area contributed by atoms with Crippen LogP contribution >= 0.6 is 0 Å². The predicted octanol–water partition coefficient (Wildman–Crippen LogP) is 1.61. The standard InChI is InChI=1S/C19H19N5O2/c1-23(2)15-9-7-14(8-10-15)11-21-22-18(25)12-24-13-20-17-6-4-3-5-16(17)19(24)26/h3-11,13H,12H2,1-2H3,(H,22,25)/b21-11-. The number of hydrazone groups is 1. The van der Waals surface area contributed by atoms with E-state index in [9.17, 15) is 9.59 Å². The third-order valence-electron chi connectivity index (χ3n) is 3.86. The lowest BCUT2D eigenvalue weighted by Gasteiger charge is -2.11. The molecule has 1 heterocycles. The summed E-state index contributed by atoms with van der Waals surface area (Å²) in [6, 6.07) is 14.8. The summed E-state index contributed by atoms with van der Waals surface area (Å²) in [4.78, 5) is 30.5. The number of fused-ring (bicyclic) bond motifs is 1. The Morgan fingerprint density at radius 3 is 2.65 bits per heavy atom. The molecular weight excluding hydrogens is 330 g/mol. The minimum atomic E-state index is -0.398. The highest BCUT2D eigenvalue weighted by Gasteiger charge is 2.07. The van der Waals surface area contributed by atoms with Crippen LogP contribution in [0.25, 0.3) is 10.9 Å². The number of para-hydroxylation sites is 1. The molecule has 1 aromatic heterocycles.